The molecule has 0 spiro atoms. The van der Waals surface area contributed by atoms with Gasteiger partial charge in [0.2, 0.25) is 0 Å². The third-order valence-electron chi connectivity index (χ3n) is 5.88. The fourth-order valence-electron chi connectivity index (χ4n) is 4.26. The summed E-state index contributed by atoms with van der Waals surface area (Å²) in [4.78, 5) is 14.7. The van der Waals surface area contributed by atoms with Crippen LogP contribution in [0, 0.1) is 0 Å². The van der Waals surface area contributed by atoms with Gasteiger partial charge in [-0.2, -0.15) is 13.2 Å². The van der Waals surface area contributed by atoms with Gasteiger partial charge in [-0.25, -0.2) is 0 Å². The molecule has 0 aliphatic carbocycles. The fourth-order valence-corrected chi connectivity index (χ4v) is 4.26. The number of fused-ring (bicyclic) bond motifs is 1. The number of alkyl halides is 3. The average Bonchev–Trinajstić information content (AvgIpc) is 3.06. The van der Waals surface area contributed by atoms with E-state index in [0.29, 0.717) is 13.0 Å². The lowest BCUT2D eigenvalue weighted by Crippen LogP contribution is -2.32. The van der Waals surface area contributed by atoms with Gasteiger partial charge < -0.3 is 24.6 Å². The Kier molecular flexibility index (Phi) is 6.46. The Bertz CT molecular complexity index is 1190. The fraction of sp³-hybridized carbons (Fsp3) is 0.318. The molecule has 32 heavy (non-hydrogen) atoms. The molecule has 0 unspecified atom stereocenters. The molecule has 1 aliphatic rings. The molecule has 2 heterocycles. The summed E-state index contributed by atoms with van der Waals surface area (Å²) in [6.07, 6.45) is -3.93. The van der Waals surface area contributed by atoms with Crippen molar-refractivity contribution in [1.82, 2.24) is 4.90 Å². The van der Waals surface area contributed by atoms with Gasteiger partial charge in [-0.3, -0.25) is 4.79 Å². The zero-order chi connectivity index (χ0) is 22.5. The molecule has 4 rings (SSSR count). The van der Waals surface area contributed by atoms with E-state index in [1.165, 1.54) is 12.1 Å². The first-order valence-corrected chi connectivity index (χ1v) is 9.63. The molecule has 2 aromatic carbocycles. The van der Waals surface area contributed by atoms with E-state index in [1.807, 2.05) is 11.9 Å². The number of phenols is 2. The van der Waals surface area contributed by atoms with E-state index in [2.05, 4.69) is 0 Å². The molecule has 6 nitrogen and oxygen atoms in total. The maximum absolute atomic E-state index is 12.9. The number of likely N-dealkylation sites (tertiary alicyclic amines) is 1. The van der Waals surface area contributed by atoms with Crippen LogP contribution in [0.1, 0.15) is 23.5 Å². The van der Waals surface area contributed by atoms with Crippen LogP contribution >= 0.6 is 12.4 Å². The summed E-state index contributed by atoms with van der Waals surface area (Å²) in [5.74, 6) is -1.11. The van der Waals surface area contributed by atoms with Gasteiger partial charge in [0.1, 0.15) is 28.2 Å². The van der Waals surface area contributed by atoms with Crippen LogP contribution in [0.4, 0.5) is 13.2 Å². The Morgan fingerprint density at radius 3 is 2.38 bits per heavy atom. The van der Waals surface area contributed by atoms with Crippen molar-refractivity contribution in [2.24, 2.45) is 0 Å². The molecular formula is C22H21ClF3NO5. The number of phenolic OH excluding ortho intramolecular Hbond substituents is 2. The number of rotatable bonds is 3. The zero-order valence-electron chi connectivity index (χ0n) is 16.9. The molecule has 3 N–H and O–H groups in total. The number of halogens is 4. The summed E-state index contributed by atoms with van der Waals surface area (Å²) in [5.41, 5.74) is -0.958. The van der Waals surface area contributed by atoms with Crippen LogP contribution in [0.5, 0.6) is 11.5 Å². The van der Waals surface area contributed by atoms with Crippen molar-refractivity contribution < 1.29 is 32.9 Å². The normalized spacial score (nSPS) is 19.3. The Balaban J connectivity index is 0.00000289. The van der Waals surface area contributed by atoms with Crippen LogP contribution in [0.3, 0.4) is 0 Å². The largest absolute Gasteiger partial charge is 0.507 e. The number of aliphatic hydroxyl groups is 1. The molecule has 0 radical (unpaired) electrons. The molecule has 0 bridgehead atoms. The van der Waals surface area contributed by atoms with Crippen molar-refractivity contribution in [1.29, 1.82) is 0 Å². The van der Waals surface area contributed by atoms with E-state index >= 15 is 0 Å². The first-order valence-electron chi connectivity index (χ1n) is 9.63. The van der Waals surface area contributed by atoms with Crippen LogP contribution in [0.25, 0.3) is 22.3 Å². The first kappa shape index (κ1) is 23.9. The summed E-state index contributed by atoms with van der Waals surface area (Å²) in [5, 5.41) is 30.5. The highest BCUT2D eigenvalue weighted by Crippen LogP contribution is 2.44. The molecule has 1 aromatic heterocycles. The smallest absolute Gasteiger partial charge is 0.416 e. The van der Waals surface area contributed by atoms with Gasteiger partial charge in [0.15, 0.2) is 5.43 Å². The topological polar surface area (TPSA) is 94.1 Å². The minimum absolute atomic E-state index is 0. The lowest BCUT2D eigenvalue weighted by atomic mass is 9.89. The maximum Gasteiger partial charge on any atom is 0.416 e. The van der Waals surface area contributed by atoms with Gasteiger partial charge in [0.25, 0.3) is 0 Å². The van der Waals surface area contributed by atoms with Crippen molar-refractivity contribution >= 4 is 23.4 Å². The highest BCUT2D eigenvalue weighted by Gasteiger charge is 2.36. The predicted octanol–water partition coefficient (Wildman–Crippen LogP) is 4.09. The van der Waals surface area contributed by atoms with Crippen molar-refractivity contribution in [3.63, 3.8) is 0 Å². The van der Waals surface area contributed by atoms with Gasteiger partial charge in [0.05, 0.1) is 12.2 Å². The first-order chi connectivity index (χ1) is 14.6. The Morgan fingerprint density at radius 2 is 1.78 bits per heavy atom. The Labute approximate surface area is 186 Å². The van der Waals surface area contributed by atoms with Gasteiger partial charge in [-0.15, -0.1) is 12.4 Å². The third kappa shape index (κ3) is 4.03. The molecule has 10 heteroatoms. The molecule has 3 aromatic rings. The number of likely N-dealkylation sites (N-methyl/N-ethyl adjacent to an activating group) is 1. The van der Waals surface area contributed by atoms with Crippen LogP contribution in [-0.2, 0) is 6.18 Å². The van der Waals surface area contributed by atoms with E-state index in [-0.39, 0.29) is 64.6 Å². The van der Waals surface area contributed by atoms with Gasteiger partial charge in [0, 0.05) is 35.2 Å². The quantitative estimate of drug-likeness (QED) is 0.532. The van der Waals surface area contributed by atoms with Crippen molar-refractivity contribution in [3.8, 4) is 22.8 Å². The van der Waals surface area contributed by atoms with Crippen molar-refractivity contribution in [2.45, 2.75) is 24.6 Å². The molecule has 2 atom stereocenters. The number of aromatic hydroxyl groups is 2. The predicted molar refractivity (Wildman–Crippen MR) is 114 cm³/mol. The SMILES string of the molecule is CN1CC[C@H](c2c(O)cc(O)c3c(=O)cc(-c4ccc(C(F)(F)F)cc4)oc23)[C@H]1CO.Cl. The second-order valence-electron chi connectivity index (χ2n) is 7.71. The molecule has 0 saturated carbocycles. The number of aliphatic hydroxyl groups excluding tert-OH is 1. The van der Waals surface area contributed by atoms with E-state index in [1.54, 1.807) is 0 Å². The van der Waals surface area contributed by atoms with Gasteiger partial charge >= 0.3 is 6.18 Å². The van der Waals surface area contributed by atoms with E-state index in [4.69, 9.17) is 4.42 Å². The Hall–Kier alpha value is -2.75. The lowest BCUT2D eigenvalue weighted by molar-refractivity contribution is -0.137. The lowest BCUT2D eigenvalue weighted by Gasteiger charge is -2.24. The Morgan fingerprint density at radius 1 is 1.12 bits per heavy atom. The summed E-state index contributed by atoms with van der Waals surface area (Å²) in [6, 6.07) is 5.97. The van der Waals surface area contributed by atoms with Crippen molar-refractivity contribution in [3.05, 3.63) is 57.7 Å². The van der Waals surface area contributed by atoms with E-state index < -0.39 is 22.9 Å². The summed E-state index contributed by atoms with van der Waals surface area (Å²) >= 11 is 0. The maximum atomic E-state index is 12.9. The summed E-state index contributed by atoms with van der Waals surface area (Å²) < 4.78 is 44.5. The highest BCUT2D eigenvalue weighted by atomic mass is 35.5. The molecule has 1 fully saturated rings. The summed E-state index contributed by atoms with van der Waals surface area (Å²) in [6.45, 7) is 0.451. The van der Waals surface area contributed by atoms with Gasteiger partial charge in [-0.05, 0) is 32.1 Å². The molecular weight excluding hydrogens is 451 g/mol. The van der Waals surface area contributed by atoms with Crippen LogP contribution in [0.2, 0.25) is 0 Å². The van der Waals surface area contributed by atoms with Crippen LogP contribution in [-0.4, -0.2) is 46.5 Å². The molecule has 1 aliphatic heterocycles. The second-order valence-corrected chi connectivity index (χ2v) is 7.71. The third-order valence-corrected chi connectivity index (χ3v) is 5.88. The number of hydrogen-bond donors (Lipinski definition) is 3. The van der Waals surface area contributed by atoms with E-state index in [9.17, 15) is 33.3 Å². The minimum atomic E-state index is -4.50. The average molecular weight is 472 g/mol. The number of benzene rings is 2. The zero-order valence-corrected chi connectivity index (χ0v) is 17.7. The second kappa shape index (κ2) is 8.65. The number of hydrogen-bond acceptors (Lipinski definition) is 6. The monoisotopic (exact) mass is 471 g/mol. The highest BCUT2D eigenvalue weighted by molar-refractivity contribution is 5.89. The van der Waals surface area contributed by atoms with Crippen LogP contribution in [0.15, 0.2) is 45.6 Å². The van der Waals surface area contributed by atoms with E-state index in [0.717, 1.165) is 24.3 Å². The molecule has 172 valence electrons. The van der Waals surface area contributed by atoms with Gasteiger partial charge in [-0.1, -0.05) is 12.1 Å². The van der Waals surface area contributed by atoms with Crippen molar-refractivity contribution in [2.75, 3.05) is 20.2 Å². The minimum Gasteiger partial charge on any atom is -0.507 e. The molecule has 0 amide bonds. The standard InChI is InChI=1S/C22H20F3NO5.ClH/c1-26-7-6-13(14(26)10-27)19-15(28)8-16(29)20-17(30)9-18(31-21(19)20)11-2-4-12(5-3-11)22(23,24)25;/h2-5,8-9,13-14,27-29H,6-7,10H2,1H3;1H/t13-,14+;/m0./s1. The van der Waals surface area contributed by atoms with Crippen LogP contribution < -0.4 is 5.43 Å². The number of nitrogens with zero attached hydrogens (tertiary/aromatic N) is 1. The molecule has 1 saturated heterocycles. The summed E-state index contributed by atoms with van der Waals surface area (Å²) in [7, 11) is 1.82.